The molecule has 9 heteroatoms. The molecule has 0 saturated carbocycles. The van der Waals surface area contributed by atoms with Gasteiger partial charge in [0.1, 0.15) is 17.7 Å². The Morgan fingerprint density at radius 2 is 1.77 bits per heavy atom. The molecule has 1 fully saturated rings. The highest BCUT2D eigenvalue weighted by Gasteiger charge is 2.32. The number of benzene rings is 2. The molecule has 0 aromatic heterocycles. The molecule has 1 unspecified atom stereocenters. The summed E-state index contributed by atoms with van der Waals surface area (Å²) in [5.74, 6) is 0.00812. The van der Waals surface area contributed by atoms with Crippen molar-refractivity contribution in [3.8, 4) is 5.75 Å². The number of ether oxygens (including phenoxy) is 1. The Hall–Kier alpha value is -2.65. The number of sulfonamides is 1. The number of anilines is 2. The second kappa shape index (κ2) is 7.88. The predicted molar refractivity (Wildman–Crippen MR) is 112 cm³/mol. The second-order valence-corrected chi connectivity index (χ2v) is 9.47. The Morgan fingerprint density at radius 1 is 1.07 bits per heavy atom. The van der Waals surface area contributed by atoms with Gasteiger partial charge in [0.2, 0.25) is 15.9 Å². The lowest BCUT2D eigenvalue weighted by molar-refractivity contribution is -0.117. The average molecular weight is 434 g/mol. The minimum Gasteiger partial charge on any atom is -0.487 e. The lowest BCUT2D eigenvalue weighted by Gasteiger charge is -2.36. The van der Waals surface area contributed by atoms with Gasteiger partial charge in [-0.2, -0.15) is 4.31 Å². The number of hydrogen-bond donors (Lipinski definition) is 0. The number of carbonyl (C=O) groups is 1. The SMILES string of the molecule is CC(=O)N1CC(C)Oc2ccc(S(=O)(=O)N3CCN(c4ccccc4F)CC3)cc21. The van der Waals surface area contributed by atoms with E-state index >= 15 is 0 Å². The Labute approximate surface area is 175 Å². The van der Waals surface area contributed by atoms with Crippen molar-refractivity contribution in [3.63, 3.8) is 0 Å². The van der Waals surface area contributed by atoms with Crippen molar-refractivity contribution in [1.29, 1.82) is 0 Å². The summed E-state index contributed by atoms with van der Waals surface area (Å²) in [6.45, 7) is 4.96. The Kier molecular flexibility index (Phi) is 5.42. The van der Waals surface area contributed by atoms with E-state index in [-0.39, 0.29) is 35.8 Å². The summed E-state index contributed by atoms with van der Waals surface area (Å²) < 4.78 is 47.6. The van der Waals surface area contributed by atoms with Crippen LogP contribution in [0.2, 0.25) is 0 Å². The van der Waals surface area contributed by atoms with Crippen LogP contribution >= 0.6 is 0 Å². The van der Waals surface area contributed by atoms with Crippen LogP contribution < -0.4 is 14.5 Å². The highest BCUT2D eigenvalue weighted by molar-refractivity contribution is 7.89. The van der Waals surface area contributed by atoms with E-state index in [0.717, 1.165) is 0 Å². The maximum Gasteiger partial charge on any atom is 0.243 e. The fraction of sp³-hybridized carbons (Fsp3) is 0.381. The first kappa shape index (κ1) is 20.6. The summed E-state index contributed by atoms with van der Waals surface area (Å²) in [6, 6.07) is 11.1. The van der Waals surface area contributed by atoms with Gasteiger partial charge >= 0.3 is 0 Å². The lowest BCUT2D eigenvalue weighted by atomic mass is 10.2. The van der Waals surface area contributed by atoms with Crippen LogP contribution in [0.1, 0.15) is 13.8 Å². The minimum atomic E-state index is -3.75. The van der Waals surface area contributed by atoms with Crippen LogP contribution in [-0.4, -0.2) is 57.5 Å². The van der Waals surface area contributed by atoms with Crippen LogP contribution in [0.4, 0.5) is 15.8 Å². The van der Waals surface area contributed by atoms with E-state index < -0.39 is 10.0 Å². The van der Waals surface area contributed by atoms with Crippen LogP contribution in [0.3, 0.4) is 0 Å². The molecule has 0 bridgehead atoms. The van der Waals surface area contributed by atoms with E-state index in [9.17, 15) is 17.6 Å². The Morgan fingerprint density at radius 3 is 2.43 bits per heavy atom. The van der Waals surface area contributed by atoms with Gasteiger partial charge in [-0.1, -0.05) is 12.1 Å². The molecular weight excluding hydrogens is 409 g/mol. The number of nitrogens with zero attached hydrogens (tertiary/aromatic N) is 3. The fourth-order valence-corrected chi connectivity index (χ4v) is 5.35. The van der Waals surface area contributed by atoms with Gasteiger partial charge in [0.25, 0.3) is 0 Å². The number of halogens is 1. The minimum absolute atomic E-state index is 0.116. The maximum atomic E-state index is 14.0. The highest BCUT2D eigenvalue weighted by atomic mass is 32.2. The van der Waals surface area contributed by atoms with Gasteiger partial charge in [0.15, 0.2) is 0 Å². The average Bonchev–Trinajstić information content (AvgIpc) is 2.73. The van der Waals surface area contributed by atoms with Crippen LogP contribution in [0.15, 0.2) is 47.4 Å². The van der Waals surface area contributed by atoms with Gasteiger partial charge in [-0.05, 0) is 37.3 Å². The first-order valence-electron chi connectivity index (χ1n) is 9.86. The van der Waals surface area contributed by atoms with Crippen molar-refractivity contribution in [1.82, 2.24) is 4.31 Å². The molecule has 7 nitrogen and oxygen atoms in total. The number of piperazine rings is 1. The second-order valence-electron chi connectivity index (χ2n) is 7.53. The molecule has 1 saturated heterocycles. The number of carbonyl (C=O) groups excluding carboxylic acids is 1. The fourth-order valence-electron chi connectivity index (χ4n) is 3.90. The number of para-hydroxylation sites is 1. The zero-order valence-electron chi connectivity index (χ0n) is 16.9. The molecular formula is C21H24FN3O4S. The zero-order valence-corrected chi connectivity index (χ0v) is 17.7. The molecule has 2 aliphatic heterocycles. The summed E-state index contributed by atoms with van der Waals surface area (Å²) in [4.78, 5) is 15.5. The number of amides is 1. The maximum absolute atomic E-state index is 14.0. The van der Waals surface area contributed by atoms with E-state index in [1.165, 1.54) is 29.4 Å². The van der Waals surface area contributed by atoms with E-state index in [0.29, 0.717) is 36.8 Å². The molecule has 0 N–H and O–H groups in total. The predicted octanol–water partition coefficient (Wildman–Crippen LogP) is 2.47. The molecule has 4 rings (SSSR count). The third kappa shape index (κ3) is 3.75. The van der Waals surface area contributed by atoms with Crippen LogP contribution in [-0.2, 0) is 14.8 Å². The molecule has 160 valence electrons. The summed E-state index contributed by atoms with van der Waals surface area (Å²) in [5.41, 5.74) is 0.943. The highest BCUT2D eigenvalue weighted by Crippen LogP contribution is 2.36. The third-order valence-corrected chi connectivity index (χ3v) is 7.33. The zero-order chi connectivity index (χ0) is 21.5. The molecule has 2 aliphatic rings. The molecule has 30 heavy (non-hydrogen) atoms. The largest absolute Gasteiger partial charge is 0.487 e. The molecule has 1 amide bonds. The number of rotatable bonds is 3. The quantitative estimate of drug-likeness (QED) is 0.744. The van der Waals surface area contributed by atoms with E-state index in [2.05, 4.69) is 0 Å². The van der Waals surface area contributed by atoms with E-state index in [1.54, 1.807) is 29.2 Å². The molecule has 0 aliphatic carbocycles. The van der Waals surface area contributed by atoms with Crippen LogP contribution in [0.5, 0.6) is 5.75 Å². The van der Waals surface area contributed by atoms with Gasteiger partial charge in [-0.3, -0.25) is 4.79 Å². The first-order chi connectivity index (χ1) is 14.3. The molecule has 0 radical (unpaired) electrons. The third-order valence-electron chi connectivity index (χ3n) is 5.44. The number of hydrogen-bond acceptors (Lipinski definition) is 5. The van der Waals surface area contributed by atoms with Crippen molar-refractivity contribution in [3.05, 3.63) is 48.3 Å². The summed E-state index contributed by atoms with van der Waals surface area (Å²) >= 11 is 0. The topological polar surface area (TPSA) is 70.2 Å². The summed E-state index contributed by atoms with van der Waals surface area (Å²) in [7, 11) is -3.75. The van der Waals surface area contributed by atoms with Crippen molar-refractivity contribution < 1.29 is 22.3 Å². The summed E-state index contributed by atoms with van der Waals surface area (Å²) in [5, 5.41) is 0. The van der Waals surface area contributed by atoms with E-state index in [1.807, 2.05) is 11.8 Å². The van der Waals surface area contributed by atoms with Crippen LogP contribution in [0, 0.1) is 5.82 Å². The molecule has 0 spiro atoms. The Balaban J connectivity index is 1.56. The van der Waals surface area contributed by atoms with Crippen LogP contribution in [0.25, 0.3) is 0 Å². The standard InChI is InChI=1S/C21H24FN3O4S/c1-15-14-25(16(2)26)20-13-17(7-8-21(20)29-15)30(27,28)24-11-9-23(10-12-24)19-6-4-3-5-18(19)22/h3-8,13,15H,9-12,14H2,1-2H3. The smallest absolute Gasteiger partial charge is 0.243 e. The first-order valence-corrected chi connectivity index (χ1v) is 11.3. The molecule has 1 atom stereocenters. The van der Waals surface area contributed by atoms with Gasteiger partial charge in [-0.25, -0.2) is 12.8 Å². The molecule has 2 aromatic rings. The number of fused-ring (bicyclic) bond motifs is 1. The van der Waals surface area contributed by atoms with Gasteiger partial charge in [-0.15, -0.1) is 0 Å². The molecule has 2 aromatic carbocycles. The van der Waals surface area contributed by atoms with Gasteiger partial charge in [0, 0.05) is 33.1 Å². The van der Waals surface area contributed by atoms with E-state index in [4.69, 9.17) is 4.74 Å². The lowest BCUT2D eigenvalue weighted by Crippen LogP contribution is -2.49. The van der Waals surface area contributed by atoms with Crippen molar-refractivity contribution in [2.75, 3.05) is 42.5 Å². The van der Waals surface area contributed by atoms with Crippen molar-refractivity contribution in [2.45, 2.75) is 24.8 Å². The monoisotopic (exact) mass is 433 g/mol. The normalized spacial score (nSPS) is 19.9. The summed E-state index contributed by atoms with van der Waals surface area (Å²) in [6.07, 6.45) is -0.171. The van der Waals surface area contributed by atoms with Crippen molar-refractivity contribution >= 4 is 27.3 Å². The Bertz CT molecular complexity index is 1070. The van der Waals surface area contributed by atoms with Gasteiger partial charge < -0.3 is 14.5 Å². The molecule has 2 heterocycles. The van der Waals surface area contributed by atoms with Crippen molar-refractivity contribution in [2.24, 2.45) is 0 Å². The van der Waals surface area contributed by atoms with Gasteiger partial charge in [0.05, 0.1) is 22.8 Å².